The lowest BCUT2D eigenvalue weighted by Gasteiger charge is -2.12. The summed E-state index contributed by atoms with van der Waals surface area (Å²) in [4.78, 5) is 0. The average Bonchev–Trinajstić information content (AvgIpc) is 2.30. The molecule has 5 N–H and O–H groups in total. The fraction of sp³-hybridized carbons (Fsp3) is 1.00. The molecule has 4 atom stereocenters. The summed E-state index contributed by atoms with van der Waals surface area (Å²) >= 11 is 0. The number of aliphatic hydroxyl groups excluding tert-OH is 4. The third-order valence-corrected chi connectivity index (χ3v) is 2.00. The Balaban J connectivity index is 2.53. The van der Waals surface area contributed by atoms with Gasteiger partial charge in [0.1, 0.15) is 0 Å². The SMILES string of the molecule is OCC1N[C@H](CO)[C@@H](O)[C@@H]1O. The fourth-order valence-corrected chi connectivity index (χ4v) is 1.27. The largest absolute Gasteiger partial charge is 0.395 e. The van der Waals surface area contributed by atoms with Crippen LogP contribution in [-0.4, -0.2) is 57.9 Å². The zero-order chi connectivity index (χ0) is 8.43. The van der Waals surface area contributed by atoms with Crippen LogP contribution in [0.3, 0.4) is 0 Å². The second-order valence-corrected chi connectivity index (χ2v) is 2.73. The van der Waals surface area contributed by atoms with Crippen molar-refractivity contribution >= 4 is 0 Å². The Hall–Kier alpha value is -0.200. The van der Waals surface area contributed by atoms with Crippen molar-refractivity contribution in [2.75, 3.05) is 13.2 Å². The van der Waals surface area contributed by atoms with Gasteiger partial charge in [0.2, 0.25) is 0 Å². The minimum Gasteiger partial charge on any atom is -0.395 e. The maximum absolute atomic E-state index is 9.18. The molecule has 11 heavy (non-hydrogen) atoms. The molecule has 1 fully saturated rings. The first kappa shape index (κ1) is 8.89. The average molecular weight is 163 g/mol. The summed E-state index contributed by atoms with van der Waals surface area (Å²) in [7, 11) is 0. The smallest absolute Gasteiger partial charge is 0.0990 e. The molecule has 0 aromatic heterocycles. The van der Waals surface area contributed by atoms with E-state index in [-0.39, 0.29) is 13.2 Å². The third-order valence-electron chi connectivity index (χ3n) is 2.00. The Labute approximate surface area is 64.3 Å². The molecule has 0 amide bonds. The third kappa shape index (κ3) is 1.52. The Morgan fingerprint density at radius 3 is 1.45 bits per heavy atom. The van der Waals surface area contributed by atoms with E-state index < -0.39 is 24.3 Å². The van der Waals surface area contributed by atoms with E-state index in [1.165, 1.54) is 0 Å². The first-order chi connectivity index (χ1) is 5.20. The highest BCUT2D eigenvalue weighted by molar-refractivity contribution is 4.97. The lowest BCUT2D eigenvalue weighted by molar-refractivity contribution is 0.0130. The van der Waals surface area contributed by atoms with Crippen molar-refractivity contribution in [1.29, 1.82) is 0 Å². The van der Waals surface area contributed by atoms with E-state index in [4.69, 9.17) is 10.2 Å². The highest BCUT2D eigenvalue weighted by Crippen LogP contribution is 2.13. The molecule has 1 saturated heterocycles. The second kappa shape index (κ2) is 3.46. The van der Waals surface area contributed by atoms with Gasteiger partial charge in [-0.3, -0.25) is 0 Å². The molecular formula is C6H13NO4. The molecule has 1 rings (SSSR count). The van der Waals surface area contributed by atoms with Crippen molar-refractivity contribution in [1.82, 2.24) is 5.32 Å². The van der Waals surface area contributed by atoms with E-state index in [9.17, 15) is 10.2 Å². The van der Waals surface area contributed by atoms with E-state index in [2.05, 4.69) is 5.32 Å². The van der Waals surface area contributed by atoms with E-state index in [0.29, 0.717) is 0 Å². The monoisotopic (exact) mass is 163 g/mol. The summed E-state index contributed by atoms with van der Waals surface area (Å²) in [6, 6.07) is -1.05. The molecule has 0 spiro atoms. The predicted octanol–water partition coefficient (Wildman–Crippen LogP) is -2.97. The van der Waals surface area contributed by atoms with Crippen molar-refractivity contribution in [3.63, 3.8) is 0 Å². The van der Waals surface area contributed by atoms with E-state index in [0.717, 1.165) is 0 Å². The van der Waals surface area contributed by atoms with Crippen LogP contribution in [0.1, 0.15) is 0 Å². The number of aliphatic hydroxyl groups is 4. The van der Waals surface area contributed by atoms with E-state index in [1.54, 1.807) is 0 Å². The van der Waals surface area contributed by atoms with Crippen molar-refractivity contribution in [2.24, 2.45) is 0 Å². The Morgan fingerprint density at radius 2 is 1.27 bits per heavy atom. The molecule has 0 aromatic rings. The van der Waals surface area contributed by atoms with Crippen molar-refractivity contribution in [3.05, 3.63) is 0 Å². The summed E-state index contributed by atoms with van der Waals surface area (Å²) < 4.78 is 0. The van der Waals surface area contributed by atoms with Gasteiger partial charge in [-0.25, -0.2) is 0 Å². The predicted molar refractivity (Wildman–Crippen MR) is 36.9 cm³/mol. The molecule has 0 aromatic carbocycles. The van der Waals surface area contributed by atoms with Gasteiger partial charge < -0.3 is 25.7 Å². The highest BCUT2D eigenvalue weighted by atomic mass is 16.3. The van der Waals surface area contributed by atoms with Gasteiger partial charge >= 0.3 is 0 Å². The van der Waals surface area contributed by atoms with E-state index in [1.807, 2.05) is 0 Å². The number of hydrogen-bond donors (Lipinski definition) is 5. The molecule has 1 unspecified atom stereocenters. The summed E-state index contributed by atoms with van der Waals surface area (Å²) in [5.74, 6) is 0. The van der Waals surface area contributed by atoms with Gasteiger partial charge in [0, 0.05) is 0 Å². The first-order valence-electron chi connectivity index (χ1n) is 3.54. The van der Waals surface area contributed by atoms with Crippen LogP contribution in [0.15, 0.2) is 0 Å². The Kier molecular flexibility index (Phi) is 2.80. The van der Waals surface area contributed by atoms with Crippen LogP contribution in [0.4, 0.5) is 0 Å². The summed E-state index contributed by atoms with van der Waals surface area (Å²) in [5.41, 5.74) is 0. The maximum Gasteiger partial charge on any atom is 0.0990 e. The van der Waals surface area contributed by atoms with E-state index >= 15 is 0 Å². The quantitative estimate of drug-likeness (QED) is 0.300. The van der Waals surface area contributed by atoms with Gasteiger partial charge in [0.05, 0.1) is 37.5 Å². The molecule has 0 bridgehead atoms. The minimum atomic E-state index is -0.989. The van der Waals surface area contributed by atoms with Crippen LogP contribution >= 0.6 is 0 Å². The summed E-state index contributed by atoms with van der Waals surface area (Å²) in [6.45, 7) is -0.483. The van der Waals surface area contributed by atoms with Crippen LogP contribution in [-0.2, 0) is 0 Å². The lowest BCUT2D eigenvalue weighted by atomic mass is 10.1. The van der Waals surface area contributed by atoms with Crippen molar-refractivity contribution in [3.8, 4) is 0 Å². The summed E-state index contributed by atoms with van der Waals surface area (Å²) in [6.07, 6.45) is -1.98. The van der Waals surface area contributed by atoms with Gasteiger partial charge in [-0.1, -0.05) is 0 Å². The summed E-state index contributed by atoms with van der Waals surface area (Å²) in [5, 5.41) is 38.3. The van der Waals surface area contributed by atoms with Gasteiger partial charge in [-0.2, -0.15) is 0 Å². The first-order valence-corrected chi connectivity index (χ1v) is 3.54. The second-order valence-electron chi connectivity index (χ2n) is 2.73. The van der Waals surface area contributed by atoms with Gasteiger partial charge in [0.25, 0.3) is 0 Å². The normalized spacial score (nSPS) is 44.7. The topological polar surface area (TPSA) is 93.0 Å². The molecule has 66 valence electrons. The number of nitrogens with one attached hydrogen (secondary N) is 1. The number of hydrogen-bond acceptors (Lipinski definition) is 5. The van der Waals surface area contributed by atoms with Crippen molar-refractivity contribution < 1.29 is 20.4 Å². The zero-order valence-electron chi connectivity index (χ0n) is 6.01. The molecule has 0 saturated carbocycles. The van der Waals surface area contributed by atoms with Crippen LogP contribution in [0.2, 0.25) is 0 Å². The number of rotatable bonds is 2. The minimum absolute atomic E-state index is 0.241. The Bertz CT molecular complexity index is 114. The molecule has 1 aliphatic rings. The molecule has 5 nitrogen and oxygen atoms in total. The van der Waals surface area contributed by atoms with Crippen LogP contribution in [0, 0.1) is 0 Å². The van der Waals surface area contributed by atoms with Crippen molar-refractivity contribution in [2.45, 2.75) is 24.3 Å². The fourth-order valence-electron chi connectivity index (χ4n) is 1.27. The maximum atomic E-state index is 9.18. The highest BCUT2D eigenvalue weighted by Gasteiger charge is 2.39. The molecule has 1 aliphatic heterocycles. The van der Waals surface area contributed by atoms with Crippen LogP contribution < -0.4 is 5.32 Å². The Morgan fingerprint density at radius 1 is 0.909 bits per heavy atom. The van der Waals surface area contributed by atoms with Crippen LogP contribution in [0.5, 0.6) is 0 Å². The molecule has 0 radical (unpaired) electrons. The lowest BCUT2D eigenvalue weighted by Crippen LogP contribution is -2.37. The van der Waals surface area contributed by atoms with Gasteiger partial charge in [-0.15, -0.1) is 0 Å². The van der Waals surface area contributed by atoms with Gasteiger partial charge in [0.15, 0.2) is 0 Å². The van der Waals surface area contributed by atoms with Gasteiger partial charge in [-0.05, 0) is 0 Å². The molecule has 0 aliphatic carbocycles. The molecule has 5 heteroatoms. The van der Waals surface area contributed by atoms with Crippen LogP contribution in [0.25, 0.3) is 0 Å². The zero-order valence-corrected chi connectivity index (χ0v) is 6.01. The molecular weight excluding hydrogens is 150 g/mol. The standard InChI is InChI=1S/C6H13NO4/c8-1-3-5(10)6(11)4(2-9)7-3/h3-11H,1-2H2/t3-,4?,5-,6-/m1/s1. The molecule has 1 heterocycles.